The first-order chi connectivity index (χ1) is 17.3. The first kappa shape index (κ1) is 29.7. The van der Waals surface area contributed by atoms with Crippen LogP contribution in [0.1, 0.15) is 72.1 Å². The van der Waals surface area contributed by atoms with Gasteiger partial charge in [0.1, 0.15) is 23.4 Å². The van der Waals surface area contributed by atoms with Crippen LogP contribution in [-0.2, 0) is 20.9 Å². The molecule has 2 rings (SSSR count). The molecule has 0 saturated carbocycles. The number of nitrogens with zero attached hydrogens (tertiary/aromatic N) is 1. The van der Waals surface area contributed by atoms with Gasteiger partial charge in [-0.25, -0.2) is 4.79 Å². The number of hydrogen-bond acceptors (Lipinski definition) is 5. The average Bonchev–Trinajstić information content (AvgIpc) is 2.79. The summed E-state index contributed by atoms with van der Waals surface area (Å²) >= 11 is 0. The molecule has 0 aliphatic rings. The summed E-state index contributed by atoms with van der Waals surface area (Å²) < 4.78 is 5.40. The number of phenolic OH excluding ortho intramolecular Hbond substituents is 1. The van der Waals surface area contributed by atoms with Crippen LogP contribution in [0.4, 0.5) is 4.79 Å². The summed E-state index contributed by atoms with van der Waals surface area (Å²) in [5, 5.41) is 16.3. The summed E-state index contributed by atoms with van der Waals surface area (Å²) in [4.78, 5) is 41.7. The molecule has 2 atom stereocenters. The first-order valence-corrected chi connectivity index (χ1v) is 12.7. The fourth-order valence-electron chi connectivity index (χ4n) is 4.02. The van der Waals surface area contributed by atoms with Crippen molar-refractivity contribution in [3.8, 4) is 5.75 Å². The molecule has 3 amide bonds. The summed E-state index contributed by atoms with van der Waals surface area (Å²) in [6.45, 7) is 13.0. The zero-order valence-corrected chi connectivity index (χ0v) is 22.9. The highest BCUT2D eigenvalue weighted by Gasteiger charge is 2.39. The van der Waals surface area contributed by atoms with Crippen molar-refractivity contribution in [1.82, 2.24) is 15.5 Å². The van der Waals surface area contributed by atoms with Crippen molar-refractivity contribution in [3.05, 3.63) is 65.7 Å². The van der Waals surface area contributed by atoms with Gasteiger partial charge in [0.05, 0.1) is 0 Å². The molecule has 0 heterocycles. The van der Waals surface area contributed by atoms with Crippen molar-refractivity contribution in [2.75, 3.05) is 0 Å². The second-order valence-corrected chi connectivity index (χ2v) is 10.8. The Hall–Kier alpha value is -3.55. The van der Waals surface area contributed by atoms with Gasteiger partial charge in [-0.3, -0.25) is 9.59 Å². The Morgan fingerprint density at radius 1 is 0.946 bits per heavy atom. The number of ether oxygens (including phenoxy) is 1. The standard InChI is InChI=1S/C29H41N3O5/c1-19(2)17-23(31-28(36)37-29(5,6)7)27(35)32(20(3)4)25(22-15-11-12-16-24(22)33)26(34)30-18-21-13-9-8-10-14-21/h8-16,19-20,23,25,33H,17-18H2,1-7H3,(H,30,34)(H,31,36). The van der Waals surface area contributed by atoms with E-state index < -0.39 is 41.6 Å². The fourth-order valence-corrected chi connectivity index (χ4v) is 4.02. The lowest BCUT2D eigenvalue weighted by atomic mass is 9.97. The Balaban J connectivity index is 2.45. The Morgan fingerprint density at radius 2 is 1.54 bits per heavy atom. The predicted octanol–water partition coefficient (Wildman–Crippen LogP) is 4.93. The Labute approximate surface area is 220 Å². The quantitative estimate of drug-likeness (QED) is 0.419. The van der Waals surface area contributed by atoms with E-state index in [9.17, 15) is 19.5 Å². The highest BCUT2D eigenvalue weighted by molar-refractivity contribution is 5.92. The largest absolute Gasteiger partial charge is 0.508 e. The molecular formula is C29H41N3O5. The van der Waals surface area contributed by atoms with E-state index in [1.807, 2.05) is 44.2 Å². The molecule has 0 aromatic heterocycles. The number of carbonyl (C=O) groups is 3. The molecule has 0 saturated heterocycles. The van der Waals surface area contributed by atoms with E-state index in [0.29, 0.717) is 12.0 Å². The van der Waals surface area contributed by atoms with Gasteiger partial charge in [-0.1, -0.05) is 62.4 Å². The summed E-state index contributed by atoms with van der Waals surface area (Å²) in [5.41, 5.74) is 0.470. The van der Waals surface area contributed by atoms with Crippen LogP contribution in [0.3, 0.4) is 0 Å². The van der Waals surface area contributed by atoms with Gasteiger partial charge < -0.3 is 25.4 Å². The number of alkyl carbamates (subject to hydrolysis) is 1. The highest BCUT2D eigenvalue weighted by Crippen LogP contribution is 2.31. The minimum absolute atomic E-state index is 0.0772. The Kier molecular flexibility index (Phi) is 10.5. The van der Waals surface area contributed by atoms with Crippen molar-refractivity contribution < 1.29 is 24.2 Å². The van der Waals surface area contributed by atoms with Crippen molar-refractivity contribution in [3.63, 3.8) is 0 Å². The maximum atomic E-state index is 14.0. The summed E-state index contributed by atoms with van der Waals surface area (Å²) in [6, 6.07) is 13.5. The third-order valence-corrected chi connectivity index (χ3v) is 5.57. The van der Waals surface area contributed by atoms with E-state index in [4.69, 9.17) is 4.74 Å². The lowest BCUT2D eigenvalue weighted by molar-refractivity contribution is -0.145. The number of aromatic hydroxyl groups is 1. The SMILES string of the molecule is CC(C)CC(NC(=O)OC(C)(C)C)C(=O)N(C(C)C)C(C(=O)NCc1ccccc1)c1ccccc1O. The van der Waals surface area contributed by atoms with Crippen molar-refractivity contribution >= 4 is 17.9 Å². The zero-order chi connectivity index (χ0) is 27.8. The zero-order valence-electron chi connectivity index (χ0n) is 22.9. The van der Waals surface area contributed by atoms with Gasteiger partial charge in [-0.05, 0) is 58.6 Å². The molecule has 2 aromatic carbocycles. The van der Waals surface area contributed by atoms with Crippen LogP contribution in [-0.4, -0.2) is 45.6 Å². The second-order valence-electron chi connectivity index (χ2n) is 10.8. The number of benzene rings is 2. The normalized spacial score (nSPS) is 13.1. The molecule has 2 aromatic rings. The minimum atomic E-state index is -1.12. The van der Waals surface area contributed by atoms with E-state index in [1.165, 1.54) is 11.0 Å². The summed E-state index contributed by atoms with van der Waals surface area (Å²) in [5.74, 6) is -0.889. The number of para-hydroxylation sites is 1. The van der Waals surface area contributed by atoms with Crippen LogP contribution in [0, 0.1) is 5.92 Å². The molecule has 3 N–H and O–H groups in total. The molecule has 0 fully saturated rings. The van der Waals surface area contributed by atoms with Crippen molar-refractivity contribution in [2.24, 2.45) is 5.92 Å². The minimum Gasteiger partial charge on any atom is -0.508 e. The van der Waals surface area contributed by atoms with Gasteiger partial charge in [0.2, 0.25) is 11.8 Å². The lowest BCUT2D eigenvalue weighted by Gasteiger charge is -2.37. The maximum absolute atomic E-state index is 14.0. The molecule has 8 heteroatoms. The third kappa shape index (κ3) is 9.12. The average molecular weight is 512 g/mol. The number of carbonyl (C=O) groups excluding carboxylic acids is 3. The molecule has 0 aliphatic heterocycles. The Bertz CT molecular complexity index is 1050. The fraction of sp³-hybridized carbons (Fsp3) is 0.483. The van der Waals surface area contributed by atoms with Crippen LogP contribution in [0.25, 0.3) is 0 Å². The molecule has 0 spiro atoms. The van der Waals surface area contributed by atoms with E-state index >= 15 is 0 Å². The summed E-state index contributed by atoms with van der Waals surface area (Å²) in [6.07, 6.45) is -0.358. The van der Waals surface area contributed by atoms with E-state index in [2.05, 4.69) is 10.6 Å². The van der Waals surface area contributed by atoms with Gasteiger partial charge in [0.25, 0.3) is 0 Å². The highest BCUT2D eigenvalue weighted by atomic mass is 16.6. The second kappa shape index (κ2) is 13.1. The molecule has 2 unspecified atom stereocenters. The van der Waals surface area contributed by atoms with Crippen molar-refractivity contribution in [2.45, 2.75) is 85.2 Å². The molecule has 8 nitrogen and oxygen atoms in total. The molecule has 0 bridgehead atoms. The number of nitrogens with one attached hydrogen (secondary N) is 2. The topological polar surface area (TPSA) is 108 Å². The van der Waals surface area contributed by atoms with E-state index in [-0.39, 0.29) is 18.2 Å². The monoisotopic (exact) mass is 511 g/mol. The first-order valence-electron chi connectivity index (χ1n) is 12.7. The third-order valence-electron chi connectivity index (χ3n) is 5.57. The van der Waals surface area contributed by atoms with Gasteiger partial charge in [0, 0.05) is 18.2 Å². The van der Waals surface area contributed by atoms with Crippen LogP contribution in [0.5, 0.6) is 5.75 Å². The molecular weight excluding hydrogens is 470 g/mol. The predicted molar refractivity (Wildman–Crippen MR) is 144 cm³/mol. The maximum Gasteiger partial charge on any atom is 0.408 e. The van der Waals surface area contributed by atoms with E-state index in [0.717, 1.165) is 5.56 Å². The smallest absolute Gasteiger partial charge is 0.408 e. The lowest BCUT2D eigenvalue weighted by Crippen LogP contribution is -2.55. The van der Waals surface area contributed by atoms with Crippen molar-refractivity contribution in [1.29, 1.82) is 0 Å². The number of rotatable bonds is 10. The molecule has 0 aliphatic carbocycles. The molecule has 202 valence electrons. The van der Waals surface area contributed by atoms with Crippen LogP contribution < -0.4 is 10.6 Å². The van der Waals surface area contributed by atoms with Gasteiger partial charge in [-0.2, -0.15) is 0 Å². The number of phenols is 1. The van der Waals surface area contributed by atoms with Crippen LogP contribution >= 0.6 is 0 Å². The van der Waals surface area contributed by atoms with Gasteiger partial charge in [0.15, 0.2) is 0 Å². The van der Waals surface area contributed by atoms with Crippen LogP contribution in [0.2, 0.25) is 0 Å². The van der Waals surface area contributed by atoms with Crippen LogP contribution in [0.15, 0.2) is 54.6 Å². The van der Waals surface area contributed by atoms with Gasteiger partial charge >= 0.3 is 6.09 Å². The number of amides is 3. The van der Waals surface area contributed by atoms with E-state index in [1.54, 1.807) is 52.8 Å². The molecule has 37 heavy (non-hydrogen) atoms. The summed E-state index contributed by atoms with van der Waals surface area (Å²) in [7, 11) is 0. The number of hydrogen-bond donors (Lipinski definition) is 3. The Morgan fingerprint density at radius 3 is 2.08 bits per heavy atom. The van der Waals surface area contributed by atoms with Gasteiger partial charge in [-0.15, -0.1) is 0 Å². The molecule has 0 radical (unpaired) electrons.